The highest BCUT2D eigenvalue weighted by Crippen LogP contribution is 2.28. The fourth-order valence-electron chi connectivity index (χ4n) is 1.98. The van der Waals surface area contributed by atoms with Crippen LogP contribution in [0.15, 0.2) is 18.2 Å². The fourth-order valence-corrected chi connectivity index (χ4v) is 1.98. The van der Waals surface area contributed by atoms with E-state index in [0.29, 0.717) is 11.6 Å². The SMILES string of the molecule is CC(NC(C)c1cc(O)ccc1O)C(=O)NC1CC1. The van der Waals surface area contributed by atoms with Gasteiger partial charge in [-0.05, 0) is 44.9 Å². The molecule has 5 heteroatoms. The molecule has 2 atom stereocenters. The van der Waals surface area contributed by atoms with E-state index in [1.54, 1.807) is 6.92 Å². The summed E-state index contributed by atoms with van der Waals surface area (Å²) in [5.41, 5.74) is 0.575. The summed E-state index contributed by atoms with van der Waals surface area (Å²) in [6.07, 6.45) is 2.11. The van der Waals surface area contributed by atoms with Crippen molar-refractivity contribution in [2.75, 3.05) is 0 Å². The Morgan fingerprint density at radius 2 is 2.00 bits per heavy atom. The summed E-state index contributed by atoms with van der Waals surface area (Å²) >= 11 is 0. The maximum absolute atomic E-state index is 11.8. The van der Waals surface area contributed by atoms with Crippen LogP contribution < -0.4 is 10.6 Å². The van der Waals surface area contributed by atoms with Crippen LogP contribution in [0.3, 0.4) is 0 Å². The molecule has 0 aliphatic heterocycles. The topological polar surface area (TPSA) is 81.6 Å². The van der Waals surface area contributed by atoms with Crippen LogP contribution in [0, 0.1) is 0 Å². The molecule has 104 valence electrons. The molecule has 1 aromatic carbocycles. The molecular formula is C14H20N2O3. The number of hydrogen-bond donors (Lipinski definition) is 4. The molecule has 4 N–H and O–H groups in total. The van der Waals surface area contributed by atoms with E-state index in [-0.39, 0.29) is 29.5 Å². The van der Waals surface area contributed by atoms with E-state index in [9.17, 15) is 15.0 Å². The van der Waals surface area contributed by atoms with Gasteiger partial charge in [-0.1, -0.05) is 0 Å². The minimum Gasteiger partial charge on any atom is -0.508 e. The van der Waals surface area contributed by atoms with Gasteiger partial charge in [-0.2, -0.15) is 0 Å². The zero-order valence-corrected chi connectivity index (χ0v) is 11.2. The number of rotatable bonds is 5. The number of aromatic hydroxyl groups is 2. The third-order valence-corrected chi connectivity index (χ3v) is 3.29. The lowest BCUT2D eigenvalue weighted by Gasteiger charge is -2.20. The van der Waals surface area contributed by atoms with Gasteiger partial charge >= 0.3 is 0 Å². The van der Waals surface area contributed by atoms with Gasteiger partial charge in [0.1, 0.15) is 11.5 Å². The summed E-state index contributed by atoms with van der Waals surface area (Å²) in [6.45, 7) is 3.63. The third-order valence-electron chi connectivity index (χ3n) is 3.29. The van der Waals surface area contributed by atoms with Gasteiger partial charge in [0, 0.05) is 17.6 Å². The van der Waals surface area contributed by atoms with Crippen molar-refractivity contribution in [3.05, 3.63) is 23.8 Å². The Balaban J connectivity index is 1.97. The van der Waals surface area contributed by atoms with Crippen LogP contribution in [-0.4, -0.2) is 28.2 Å². The summed E-state index contributed by atoms with van der Waals surface area (Å²) in [5.74, 6) is 0.165. The van der Waals surface area contributed by atoms with E-state index >= 15 is 0 Å². The van der Waals surface area contributed by atoms with Gasteiger partial charge in [0.25, 0.3) is 0 Å². The molecule has 1 fully saturated rings. The Morgan fingerprint density at radius 3 is 2.63 bits per heavy atom. The molecule has 1 aliphatic rings. The molecule has 2 rings (SSSR count). The second kappa shape index (κ2) is 5.48. The van der Waals surface area contributed by atoms with Crippen molar-refractivity contribution in [3.63, 3.8) is 0 Å². The molecule has 0 spiro atoms. The van der Waals surface area contributed by atoms with Gasteiger partial charge in [-0.3, -0.25) is 10.1 Å². The van der Waals surface area contributed by atoms with Gasteiger partial charge < -0.3 is 15.5 Å². The smallest absolute Gasteiger partial charge is 0.237 e. The first-order chi connectivity index (χ1) is 8.97. The number of carbonyl (C=O) groups excluding carboxylic acids is 1. The molecule has 1 aliphatic carbocycles. The average molecular weight is 264 g/mol. The van der Waals surface area contributed by atoms with Crippen LogP contribution in [0.4, 0.5) is 0 Å². The standard InChI is InChI=1S/C14H20N2O3/c1-8(12-7-11(17)5-6-13(12)18)15-9(2)14(19)16-10-3-4-10/h5-10,15,17-18H,3-4H2,1-2H3,(H,16,19). The average Bonchev–Trinajstić information content (AvgIpc) is 3.15. The van der Waals surface area contributed by atoms with Crippen molar-refractivity contribution in [1.82, 2.24) is 10.6 Å². The van der Waals surface area contributed by atoms with Crippen LogP contribution in [0.1, 0.15) is 38.3 Å². The summed E-state index contributed by atoms with van der Waals surface area (Å²) in [7, 11) is 0. The fraction of sp³-hybridized carbons (Fsp3) is 0.500. The van der Waals surface area contributed by atoms with Crippen LogP contribution in [0.25, 0.3) is 0 Å². The van der Waals surface area contributed by atoms with Gasteiger partial charge in [0.2, 0.25) is 5.91 Å². The molecule has 2 unspecified atom stereocenters. The number of nitrogens with one attached hydrogen (secondary N) is 2. The third kappa shape index (κ3) is 3.61. The van der Waals surface area contributed by atoms with Crippen molar-refractivity contribution in [2.24, 2.45) is 0 Å². The van der Waals surface area contributed by atoms with E-state index in [1.807, 2.05) is 6.92 Å². The maximum atomic E-state index is 11.8. The number of benzene rings is 1. The van der Waals surface area contributed by atoms with Gasteiger partial charge in [-0.15, -0.1) is 0 Å². The van der Waals surface area contributed by atoms with Crippen molar-refractivity contribution in [2.45, 2.75) is 44.8 Å². The normalized spacial score (nSPS) is 17.8. The Kier molecular flexibility index (Phi) is 3.95. The van der Waals surface area contributed by atoms with E-state index in [1.165, 1.54) is 18.2 Å². The van der Waals surface area contributed by atoms with Crippen molar-refractivity contribution in [1.29, 1.82) is 0 Å². The highest BCUT2D eigenvalue weighted by Gasteiger charge is 2.26. The largest absolute Gasteiger partial charge is 0.508 e. The van der Waals surface area contributed by atoms with Gasteiger partial charge in [0.15, 0.2) is 0 Å². The number of amides is 1. The van der Waals surface area contributed by atoms with Crippen LogP contribution in [0.5, 0.6) is 11.5 Å². The second-order valence-electron chi connectivity index (χ2n) is 5.14. The Hall–Kier alpha value is -1.75. The lowest BCUT2D eigenvalue weighted by atomic mass is 10.1. The Morgan fingerprint density at radius 1 is 1.32 bits per heavy atom. The van der Waals surface area contributed by atoms with E-state index in [0.717, 1.165) is 12.8 Å². The monoisotopic (exact) mass is 264 g/mol. The quantitative estimate of drug-likeness (QED) is 0.606. The van der Waals surface area contributed by atoms with E-state index < -0.39 is 0 Å². The summed E-state index contributed by atoms with van der Waals surface area (Å²) in [4.78, 5) is 11.8. The molecule has 0 radical (unpaired) electrons. The molecule has 0 heterocycles. The first-order valence-electron chi connectivity index (χ1n) is 6.55. The predicted molar refractivity (Wildman–Crippen MR) is 71.9 cm³/mol. The lowest BCUT2D eigenvalue weighted by Crippen LogP contribution is -2.43. The molecule has 1 amide bonds. The van der Waals surface area contributed by atoms with E-state index in [2.05, 4.69) is 10.6 Å². The van der Waals surface area contributed by atoms with Crippen LogP contribution in [-0.2, 0) is 4.79 Å². The van der Waals surface area contributed by atoms with Crippen molar-refractivity contribution >= 4 is 5.91 Å². The molecule has 0 saturated heterocycles. The zero-order valence-electron chi connectivity index (χ0n) is 11.2. The predicted octanol–water partition coefficient (Wildman–Crippen LogP) is 1.42. The lowest BCUT2D eigenvalue weighted by molar-refractivity contribution is -0.123. The molecule has 1 aromatic rings. The summed E-state index contributed by atoms with van der Waals surface area (Å²) < 4.78 is 0. The summed E-state index contributed by atoms with van der Waals surface area (Å²) in [6, 6.07) is 4.12. The molecule has 5 nitrogen and oxygen atoms in total. The molecule has 0 bridgehead atoms. The zero-order chi connectivity index (χ0) is 14.0. The Labute approximate surface area is 112 Å². The minimum absolute atomic E-state index is 0.0333. The summed E-state index contributed by atoms with van der Waals surface area (Å²) in [5, 5.41) is 25.2. The van der Waals surface area contributed by atoms with Crippen LogP contribution >= 0.6 is 0 Å². The maximum Gasteiger partial charge on any atom is 0.237 e. The van der Waals surface area contributed by atoms with Crippen molar-refractivity contribution < 1.29 is 15.0 Å². The number of carbonyl (C=O) groups is 1. The first-order valence-corrected chi connectivity index (χ1v) is 6.55. The first kappa shape index (κ1) is 13.7. The highest BCUT2D eigenvalue weighted by molar-refractivity contribution is 5.81. The van der Waals surface area contributed by atoms with E-state index in [4.69, 9.17) is 0 Å². The number of hydrogen-bond acceptors (Lipinski definition) is 4. The molecule has 0 aromatic heterocycles. The molecular weight excluding hydrogens is 244 g/mol. The molecule has 1 saturated carbocycles. The number of phenolic OH excluding ortho intramolecular Hbond substituents is 2. The molecule has 19 heavy (non-hydrogen) atoms. The number of phenols is 2. The van der Waals surface area contributed by atoms with Gasteiger partial charge in [0.05, 0.1) is 6.04 Å². The Bertz CT molecular complexity index is 472. The van der Waals surface area contributed by atoms with Crippen molar-refractivity contribution in [3.8, 4) is 11.5 Å². The second-order valence-corrected chi connectivity index (χ2v) is 5.14. The van der Waals surface area contributed by atoms with Gasteiger partial charge in [-0.25, -0.2) is 0 Å². The van der Waals surface area contributed by atoms with Crippen LogP contribution in [0.2, 0.25) is 0 Å². The minimum atomic E-state index is -0.350. The highest BCUT2D eigenvalue weighted by atomic mass is 16.3.